The first-order valence-electron chi connectivity index (χ1n) is 14.2. The van der Waals surface area contributed by atoms with E-state index in [1.807, 2.05) is 12.1 Å². The van der Waals surface area contributed by atoms with Gasteiger partial charge in [0, 0.05) is 51.2 Å². The highest BCUT2D eigenvalue weighted by Gasteiger charge is 2.20. The minimum atomic E-state index is 0.943. The summed E-state index contributed by atoms with van der Waals surface area (Å²) in [5.74, 6) is 0. The molecule has 4 heteroatoms. The molecule has 0 saturated carbocycles. The number of para-hydroxylation sites is 3. The van der Waals surface area contributed by atoms with Crippen LogP contribution in [0.25, 0.3) is 67.1 Å². The Kier molecular flexibility index (Phi) is 4.70. The monoisotopic (exact) mass is 526 g/mol. The predicted octanol–water partition coefficient (Wildman–Crippen LogP) is 9.00. The second-order valence-electron chi connectivity index (χ2n) is 10.9. The molecule has 0 radical (unpaired) electrons. The van der Waals surface area contributed by atoms with Gasteiger partial charge in [-0.2, -0.15) is 0 Å². The molecule has 0 spiro atoms. The summed E-state index contributed by atoms with van der Waals surface area (Å²) in [6.45, 7) is 0. The van der Waals surface area contributed by atoms with Crippen LogP contribution in [0, 0.1) is 0 Å². The lowest BCUT2D eigenvalue weighted by Crippen LogP contribution is -2.03. The van der Waals surface area contributed by atoms with Crippen molar-refractivity contribution in [3.8, 4) is 22.6 Å². The zero-order valence-corrected chi connectivity index (χ0v) is 22.4. The quantitative estimate of drug-likeness (QED) is 0.226. The van der Waals surface area contributed by atoms with E-state index in [9.17, 15) is 0 Å². The molecule has 0 amide bonds. The maximum atomic E-state index is 5.03. The van der Waals surface area contributed by atoms with Crippen molar-refractivity contribution >= 4 is 44.4 Å². The number of aromatic nitrogens is 4. The molecule has 1 aliphatic rings. The predicted molar refractivity (Wildman–Crippen MR) is 169 cm³/mol. The first kappa shape index (κ1) is 22.5. The maximum absolute atomic E-state index is 5.03. The summed E-state index contributed by atoms with van der Waals surface area (Å²) in [4.78, 5) is 5.03. The van der Waals surface area contributed by atoms with E-state index in [-0.39, 0.29) is 0 Å². The van der Waals surface area contributed by atoms with E-state index < -0.39 is 0 Å². The van der Waals surface area contributed by atoms with Gasteiger partial charge in [0.2, 0.25) is 0 Å². The zero-order valence-electron chi connectivity index (χ0n) is 22.4. The number of rotatable bonds is 3. The summed E-state index contributed by atoms with van der Waals surface area (Å²) < 4.78 is 6.94. The van der Waals surface area contributed by atoms with Crippen molar-refractivity contribution in [1.82, 2.24) is 18.5 Å². The Morgan fingerprint density at radius 1 is 0.610 bits per heavy atom. The zero-order chi connectivity index (χ0) is 26.9. The lowest BCUT2D eigenvalue weighted by molar-refractivity contribution is 0.966. The summed E-state index contributed by atoms with van der Waals surface area (Å²) >= 11 is 0. The Morgan fingerprint density at radius 3 is 1.98 bits per heavy atom. The van der Waals surface area contributed by atoms with Crippen LogP contribution in [0.5, 0.6) is 0 Å². The van der Waals surface area contributed by atoms with Gasteiger partial charge >= 0.3 is 0 Å². The summed E-state index contributed by atoms with van der Waals surface area (Å²) in [6.07, 6.45) is 10.9. The van der Waals surface area contributed by atoms with Gasteiger partial charge in [-0.1, -0.05) is 66.7 Å². The van der Waals surface area contributed by atoms with Crippen LogP contribution in [-0.2, 0) is 6.42 Å². The molecule has 4 heterocycles. The van der Waals surface area contributed by atoms with Crippen LogP contribution >= 0.6 is 0 Å². The van der Waals surface area contributed by atoms with Gasteiger partial charge in [-0.15, -0.1) is 0 Å². The summed E-state index contributed by atoms with van der Waals surface area (Å²) in [7, 11) is 0. The molecular weight excluding hydrogens is 500 g/mol. The molecule has 0 fully saturated rings. The third kappa shape index (κ3) is 3.31. The first-order chi connectivity index (χ1) is 20.3. The van der Waals surface area contributed by atoms with Crippen LogP contribution < -0.4 is 0 Å². The van der Waals surface area contributed by atoms with Crippen LogP contribution in [0.3, 0.4) is 0 Å². The number of pyridine rings is 1. The molecule has 0 unspecified atom stereocenters. The van der Waals surface area contributed by atoms with Gasteiger partial charge in [0.15, 0.2) is 0 Å². The number of hydrogen-bond acceptors (Lipinski definition) is 1. The minimum Gasteiger partial charge on any atom is -0.309 e. The fourth-order valence-electron chi connectivity index (χ4n) is 6.74. The normalized spacial score (nSPS) is 13.1. The van der Waals surface area contributed by atoms with Gasteiger partial charge in [0.05, 0.1) is 22.2 Å². The lowest BCUT2D eigenvalue weighted by Gasteiger charge is -2.16. The molecule has 4 aromatic heterocycles. The third-order valence-electron chi connectivity index (χ3n) is 8.52. The summed E-state index contributed by atoms with van der Waals surface area (Å²) in [5, 5.41) is 3.85. The van der Waals surface area contributed by atoms with Crippen molar-refractivity contribution < 1.29 is 0 Å². The minimum absolute atomic E-state index is 0.943. The second-order valence-corrected chi connectivity index (χ2v) is 10.9. The Balaban J connectivity index is 1.40. The van der Waals surface area contributed by atoms with Crippen LogP contribution in [-0.4, -0.2) is 18.5 Å². The molecule has 1 aliphatic carbocycles. The van der Waals surface area contributed by atoms with Crippen molar-refractivity contribution in [2.24, 2.45) is 0 Å². The molecule has 4 aromatic carbocycles. The Morgan fingerprint density at radius 2 is 1.24 bits per heavy atom. The van der Waals surface area contributed by atoms with E-state index in [0.717, 1.165) is 41.1 Å². The van der Waals surface area contributed by atoms with Gasteiger partial charge in [0.25, 0.3) is 0 Å². The van der Waals surface area contributed by atoms with Crippen molar-refractivity contribution in [3.63, 3.8) is 0 Å². The third-order valence-corrected chi connectivity index (χ3v) is 8.52. The van der Waals surface area contributed by atoms with E-state index >= 15 is 0 Å². The number of nitrogens with zero attached hydrogens (tertiary/aromatic N) is 4. The van der Waals surface area contributed by atoms with E-state index in [2.05, 4.69) is 135 Å². The number of aryl methyl sites for hydroxylation is 1. The molecule has 0 atom stereocenters. The average molecular weight is 527 g/mol. The number of fused-ring (bicyclic) bond motifs is 7. The smallest absolute Gasteiger partial charge is 0.137 e. The Labute approximate surface area is 237 Å². The molecule has 194 valence electrons. The second kappa shape index (κ2) is 8.57. The lowest BCUT2D eigenvalue weighted by atomic mass is 10.0. The number of imidazole rings is 1. The van der Waals surface area contributed by atoms with E-state index in [4.69, 9.17) is 4.98 Å². The van der Waals surface area contributed by atoms with Crippen LogP contribution in [0.2, 0.25) is 0 Å². The number of hydrogen-bond donors (Lipinski definition) is 0. The molecule has 4 nitrogen and oxygen atoms in total. The van der Waals surface area contributed by atoms with Crippen molar-refractivity contribution in [2.45, 2.75) is 12.8 Å². The molecule has 0 saturated heterocycles. The standard InChI is InChI=1S/C37H26N4/c1-5-15-33-28(11-1)29-12-2-6-16-34(29)40(33)26-21-25(32-24-39-20-10-9-19-37(39)38-32)22-27(23-26)41-35-17-7-3-13-30(35)31-14-4-8-18-36(31)41/h1-3,5-13,15-24H,4,14H2. The maximum Gasteiger partial charge on any atom is 0.137 e. The van der Waals surface area contributed by atoms with Crippen molar-refractivity contribution in [3.05, 3.63) is 139 Å². The molecule has 0 N–H and O–H groups in total. The summed E-state index contributed by atoms with van der Waals surface area (Å²) in [5.41, 5.74) is 11.6. The van der Waals surface area contributed by atoms with E-state index in [0.29, 0.717) is 0 Å². The molecule has 8 aromatic rings. The summed E-state index contributed by atoms with van der Waals surface area (Å²) in [6, 6.07) is 39.3. The molecule has 0 bridgehead atoms. The molecular formula is C37H26N4. The van der Waals surface area contributed by atoms with Crippen LogP contribution in [0.15, 0.2) is 128 Å². The highest BCUT2D eigenvalue weighted by Crippen LogP contribution is 2.38. The molecule has 41 heavy (non-hydrogen) atoms. The largest absolute Gasteiger partial charge is 0.309 e. The fraction of sp³-hybridized carbons (Fsp3) is 0.0541. The Bertz CT molecular complexity index is 2240. The van der Waals surface area contributed by atoms with Gasteiger partial charge < -0.3 is 13.5 Å². The van der Waals surface area contributed by atoms with Gasteiger partial charge in [-0.05, 0) is 73.0 Å². The van der Waals surface area contributed by atoms with Crippen molar-refractivity contribution in [2.75, 3.05) is 0 Å². The number of benzene rings is 4. The van der Waals surface area contributed by atoms with E-state index in [1.54, 1.807) is 0 Å². The first-order valence-corrected chi connectivity index (χ1v) is 14.2. The topological polar surface area (TPSA) is 27.2 Å². The number of allylic oxidation sites excluding steroid dienone is 1. The molecule has 0 aliphatic heterocycles. The van der Waals surface area contributed by atoms with Gasteiger partial charge in [0.1, 0.15) is 5.65 Å². The fourth-order valence-corrected chi connectivity index (χ4v) is 6.74. The average Bonchev–Trinajstić information content (AvgIpc) is 3.71. The van der Waals surface area contributed by atoms with Crippen LogP contribution in [0.1, 0.15) is 17.7 Å². The van der Waals surface area contributed by atoms with Gasteiger partial charge in [-0.25, -0.2) is 4.98 Å². The SMILES string of the molecule is C1=Cc2c(c3ccccc3n2-c2cc(-c3cn4ccccc4n3)cc(-n3c4ccccc4c4ccccc43)c2)CC1. The highest BCUT2D eigenvalue weighted by molar-refractivity contribution is 6.09. The van der Waals surface area contributed by atoms with Gasteiger partial charge in [-0.3, -0.25) is 0 Å². The van der Waals surface area contributed by atoms with Crippen LogP contribution in [0.4, 0.5) is 0 Å². The Hall–Kier alpha value is -5.35. The molecule has 9 rings (SSSR count). The highest BCUT2D eigenvalue weighted by atomic mass is 15.0. The van der Waals surface area contributed by atoms with Crippen molar-refractivity contribution in [1.29, 1.82) is 0 Å². The van der Waals surface area contributed by atoms with E-state index in [1.165, 1.54) is 44.0 Å².